The van der Waals surface area contributed by atoms with E-state index < -0.39 is 0 Å². The average molecular weight is 542 g/mol. The van der Waals surface area contributed by atoms with Crippen LogP contribution in [0.4, 0.5) is 0 Å². The van der Waals surface area contributed by atoms with Gasteiger partial charge in [0.15, 0.2) is 0 Å². The average Bonchev–Trinajstić information content (AvgIpc) is 3.64. The van der Waals surface area contributed by atoms with Gasteiger partial charge in [-0.25, -0.2) is 9.97 Å². The summed E-state index contributed by atoms with van der Waals surface area (Å²) in [6.45, 7) is 4.51. The van der Waals surface area contributed by atoms with Gasteiger partial charge < -0.3 is 15.3 Å². The number of H-pyrrole nitrogens is 2. The van der Waals surface area contributed by atoms with Gasteiger partial charge in [-0.1, -0.05) is 54.6 Å². The molecule has 0 fully saturated rings. The Labute approximate surface area is 240 Å². The second-order valence-electron chi connectivity index (χ2n) is 11.1. The molecule has 6 aromatic rings. The fraction of sp³-hybridized carbons (Fsp3) is 0.265. The van der Waals surface area contributed by atoms with Crippen molar-refractivity contribution in [2.24, 2.45) is 0 Å². The quantitative estimate of drug-likeness (QED) is 0.188. The lowest BCUT2D eigenvalue weighted by Crippen LogP contribution is -2.31. The van der Waals surface area contributed by atoms with Crippen LogP contribution in [0.15, 0.2) is 91.1 Å². The highest BCUT2D eigenvalue weighted by Gasteiger charge is 2.28. The van der Waals surface area contributed by atoms with Gasteiger partial charge in [0, 0.05) is 19.3 Å². The number of nitrogens with one attached hydrogen (secondary N) is 3. The molecule has 206 valence electrons. The number of aromatic amines is 2. The maximum atomic E-state index is 4.91. The molecule has 1 aliphatic rings. The molecule has 3 aromatic carbocycles. The molecule has 1 aliphatic carbocycles. The van der Waals surface area contributed by atoms with Gasteiger partial charge in [-0.05, 0) is 73.2 Å². The van der Waals surface area contributed by atoms with Crippen molar-refractivity contribution >= 4 is 22.1 Å². The van der Waals surface area contributed by atoms with Crippen LogP contribution in [0.25, 0.3) is 22.1 Å². The third kappa shape index (κ3) is 5.51. The first-order valence-electron chi connectivity index (χ1n) is 14.6. The van der Waals surface area contributed by atoms with Gasteiger partial charge >= 0.3 is 0 Å². The summed E-state index contributed by atoms with van der Waals surface area (Å²) in [5, 5.41) is 3.62. The molecule has 0 radical (unpaired) electrons. The van der Waals surface area contributed by atoms with E-state index in [4.69, 9.17) is 15.0 Å². The molecule has 3 N–H and O–H groups in total. The van der Waals surface area contributed by atoms with Crippen LogP contribution < -0.4 is 5.32 Å². The second kappa shape index (κ2) is 11.3. The van der Waals surface area contributed by atoms with E-state index in [0.717, 1.165) is 66.2 Å². The van der Waals surface area contributed by atoms with Crippen LogP contribution in [-0.2, 0) is 26.1 Å². The Bertz CT molecular complexity index is 1700. The molecule has 0 aliphatic heterocycles. The Morgan fingerprint density at radius 2 is 1.56 bits per heavy atom. The molecule has 7 rings (SSSR count). The number of benzene rings is 3. The molecule has 0 amide bonds. The fourth-order valence-electron chi connectivity index (χ4n) is 6.03. The molecule has 0 spiro atoms. The summed E-state index contributed by atoms with van der Waals surface area (Å²) in [4.78, 5) is 24.0. The lowest BCUT2D eigenvalue weighted by Gasteiger charge is -2.34. The van der Waals surface area contributed by atoms with Crippen LogP contribution >= 0.6 is 0 Å². The van der Waals surface area contributed by atoms with Crippen LogP contribution in [0.5, 0.6) is 0 Å². The zero-order chi connectivity index (χ0) is 27.6. The summed E-state index contributed by atoms with van der Waals surface area (Å²) in [6, 6.07) is 30.1. The molecule has 2 atom stereocenters. The van der Waals surface area contributed by atoms with Crippen molar-refractivity contribution in [2.45, 2.75) is 57.9 Å². The number of fused-ring (bicyclic) bond motifs is 3. The van der Waals surface area contributed by atoms with Gasteiger partial charge in [0.2, 0.25) is 0 Å². The minimum atomic E-state index is 0.125. The van der Waals surface area contributed by atoms with Crippen molar-refractivity contribution in [3.63, 3.8) is 0 Å². The summed E-state index contributed by atoms with van der Waals surface area (Å²) in [6.07, 6.45) is 5.32. The topological polar surface area (TPSA) is 85.5 Å². The van der Waals surface area contributed by atoms with E-state index in [1.807, 2.05) is 30.5 Å². The van der Waals surface area contributed by atoms with Gasteiger partial charge in [0.25, 0.3) is 0 Å². The molecule has 3 aromatic heterocycles. The van der Waals surface area contributed by atoms with Gasteiger partial charge in [0.1, 0.15) is 11.6 Å². The smallest absolute Gasteiger partial charge is 0.124 e. The maximum Gasteiger partial charge on any atom is 0.124 e. The van der Waals surface area contributed by atoms with E-state index in [9.17, 15) is 0 Å². The molecular weight excluding hydrogens is 506 g/mol. The van der Waals surface area contributed by atoms with E-state index in [1.54, 1.807) is 0 Å². The molecule has 0 saturated carbocycles. The second-order valence-corrected chi connectivity index (χ2v) is 11.1. The lowest BCUT2D eigenvalue weighted by molar-refractivity contribution is 0.153. The van der Waals surface area contributed by atoms with Crippen LogP contribution in [0.2, 0.25) is 0 Å². The van der Waals surface area contributed by atoms with Gasteiger partial charge in [-0.2, -0.15) is 0 Å². The minimum absolute atomic E-state index is 0.125. The van der Waals surface area contributed by atoms with Crippen molar-refractivity contribution in [3.05, 3.63) is 125 Å². The van der Waals surface area contributed by atoms with Crippen molar-refractivity contribution in [3.8, 4) is 0 Å². The molecular formula is C34H35N7. The monoisotopic (exact) mass is 541 g/mol. The fourth-order valence-corrected chi connectivity index (χ4v) is 6.03. The summed E-state index contributed by atoms with van der Waals surface area (Å²) in [5.41, 5.74) is 9.31. The van der Waals surface area contributed by atoms with Crippen LogP contribution in [-0.4, -0.2) is 29.8 Å². The van der Waals surface area contributed by atoms with E-state index >= 15 is 0 Å². The Hall–Kier alpha value is -4.33. The van der Waals surface area contributed by atoms with E-state index in [-0.39, 0.29) is 12.1 Å². The van der Waals surface area contributed by atoms with Gasteiger partial charge in [0.05, 0.1) is 46.4 Å². The predicted molar refractivity (Wildman–Crippen MR) is 163 cm³/mol. The molecule has 0 saturated heterocycles. The zero-order valence-electron chi connectivity index (χ0n) is 23.3. The maximum absolute atomic E-state index is 4.91. The third-order valence-electron chi connectivity index (χ3n) is 8.24. The first kappa shape index (κ1) is 25.6. The van der Waals surface area contributed by atoms with Crippen LogP contribution in [0.1, 0.15) is 65.9 Å². The molecule has 3 heterocycles. The highest BCUT2D eigenvalue weighted by Crippen LogP contribution is 2.34. The molecule has 41 heavy (non-hydrogen) atoms. The Morgan fingerprint density at radius 1 is 0.829 bits per heavy atom. The molecule has 7 heteroatoms. The number of aromatic nitrogens is 5. The number of imidazole rings is 2. The lowest BCUT2D eigenvalue weighted by atomic mass is 9.90. The van der Waals surface area contributed by atoms with Crippen molar-refractivity contribution in [1.82, 2.24) is 35.1 Å². The van der Waals surface area contributed by atoms with Gasteiger partial charge in [-0.15, -0.1) is 0 Å². The number of para-hydroxylation sites is 4. The largest absolute Gasteiger partial charge is 0.341 e. The number of aryl methyl sites for hydroxylation is 1. The van der Waals surface area contributed by atoms with Gasteiger partial charge in [-0.3, -0.25) is 9.88 Å². The molecule has 0 bridgehead atoms. The normalized spacial score (nSPS) is 15.9. The summed E-state index contributed by atoms with van der Waals surface area (Å²) in [5.74, 6) is 1.96. The number of hydrogen-bond donors (Lipinski definition) is 3. The Balaban J connectivity index is 1.07. The summed E-state index contributed by atoms with van der Waals surface area (Å²) < 4.78 is 0. The summed E-state index contributed by atoms with van der Waals surface area (Å²) >= 11 is 0. The number of hydrogen-bond acceptors (Lipinski definition) is 5. The third-order valence-corrected chi connectivity index (χ3v) is 8.24. The molecule has 2 unspecified atom stereocenters. The highest BCUT2D eigenvalue weighted by atomic mass is 15.2. The van der Waals surface area contributed by atoms with E-state index in [1.165, 1.54) is 28.8 Å². The molecule has 7 nitrogen and oxygen atoms in total. The zero-order valence-corrected chi connectivity index (χ0v) is 23.3. The van der Waals surface area contributed by atoms with E-state index in [2.05, 4.69) is 87.8 Å². The van der Waals surface area contributed by atoms with Crippen molar-refractivity contribution in [1.29, 1.82) is 0 Å². The predicted octanol–water partition coefficient (Wildman–Crippen LogP) is 6.76. The summed E-state index contributed by atoms with van der Waals surface area (Å²) in [7, 11) is 0. The van der Waals surface area contributed by atoms with Crippen molar-refractivity contribution in [2.75, 3.05) is 0 Å². The van der Waals surface area contributed by atoms with Crippen LogP contribution in [0, 0.1) is 0 Å². The Morgan fingerprint density at radius 3 is 2.34 bits per heavy atom. The van der Waals surface area contributed by atoms with E-state index in [0.29, 0.717) is 0 Å². The number of rotatable bonds is 9. The SMILES string of the molecule is CC(NCc1ccc(CN(Cc2nc3ccccc3[nH]2)C2CCCc3cccnc32)cc1)c1nc2ccccc2[nH]1. The number of pyridine rings is 1. The van der Waals surface area contributed by atoms with Crippen LogP contribution in [0.3, 0.4) is 0 Å². The first-order chi connectivity index (χ1) is 20.2. The Kier molecular flexibility index (Phi) is 7.05. The highest BCUT2D eigenvalue weighted by molar-refractivity contribution is 5.75. The first-order valence-corrected chi connectivity index (χ1v) is 14.6. The van der Waals surface area contributed by atoms with Crippen molar-refractivity contribution < 1.29 is 0 Å². The number of nitrogens with zero attached hydrogens (tertiary/aromatic N) is 4. The standard InChI is InChI=1S/C34H35N7/c1-23(34-39-29-12-4-5-13-30(29)40-34)36-20-24-15-17-25(18-16-24)21-41(22-32-37-27-10-2-3-11-28(27)38-32)31-14-6-8-26-9-7-19-35-33(26)31/h2-5,7,9-13,15-19,23,31,36H,6,8,14,20-22H2,1H3,(H,37,38)(H,39,40). The minimum Gasteiger partial charge on any atom is -0.341 e.